The van der Waals surface area contributed by atoms with Crippen molar-refractivity contribution in [2.45, 2.75) is 12.8 Å². The van der Waals surface area contributed by atoms with E-state index >= 15 is 0 Å². The van der Waals surface area contributed by atoms with E-state index in [4.69, 9.17) is 14.2 Å². The standard InChI is InChI=1S/C21H28FN3O3.HI/c1-23-21(24-11-9-15-7-5-6-8-18(15)22)25-12-10-17-19(27-3)13-16(26-2)14-20(17)28-4;/h5-8,13-14H,9-12H2,1-4H3,(H2,23,24,25);1H. The van der Waals surface area contributed by atoms with E-state index in [-0.39, 0.29) is 29.8 Å². The fourth-order valence-corrected chi connectivity index (χ4v) is 2.87. The third-order valence-corrected chi connectivity index (χ3v) is 4.35. The highest BCUT2D eigenvalue weighted by Gasteiger charge is 2.13. The zero-order chi connectivity index (χ0) is 20.4. The van der Waals surface area contributed by atoms with E-state index in [9.17, 15) is 4.39 Å². The van der Waals surface area contributed by atoms with Crippen LogP contribution in [0.3, 0.4) is 0 Å². The average molecular weight is 517 g/mol. The summed E-state index contributed by atoms with van der Waals surface area (Å²) in [6.45, 7) is 1.20. The summed E-state index contributed by atoms with van der Waals surface area (Å²) >= 11 is 0. The molecule has 2 N–H and O–H groups in total. The maximum atomic E-state index is 13.7. The number of halogens is 2. The number of benzene rings is 2. The molecule has 29 heavy (non-hydrogen) atoms. The van der Waals surface area contributed by atoms with E-state index in [2.05, 4.69) is 15.6 Å². The van der Waals surface area contributed by atoms with Crippen molar-refractivity contribution in [1.82, 2.24) is 10.6 Å². The van der Waals surface area contributed by atoms with Crippen molar-refractivity contribution < 1.29 is 18.6 Å². The van der Waals surface area contributed by atoms with Crippen LogP contribution in [0.4, 0.5) is 4.39 Å². The van der Waals surface area contributed by atoms with Gasteiger partial charge in [-0.1, -0.05) is 18.2 Å². The molecule has 0 aliphatic rings. The van der Waals surface area contributed by atoms with Gasteiger partial charge in [0.25, 0.3) is 0 Å². The zero-order valence-corrected chi connectivity index (χ0v) is 19.6. The van der Waals surface area contributed by atoms with Crippen LogP contribution in [0.25, 0.3) is 0 Å². The molecule has 2 rings (SSSR count). The Morgan fingerprint density at radius 1 is 0.931 bits per heavy atom. The van der Waals surface area contributed by atoms with Gasteiger partial charge in [0, 0.05) is 37.8 Å². The monoisotopic (exact) mass is 517 g/mol. The van der Waals surface area contributed by atoms with Crippen molar-refractivity contribution in [3.63, 3.8) is 0 Å². The molecule has 0 aliphatic heterocycles. The molecule has 0 heterocycles. The molecular formula is C21H29FIN3O3. The summed E-state index contributed by atoms with van der Waals surface area (Å²) in [6.07, 6.45) is 1.25. The minimum atomic E-state index is -0.189. The molecule has 0 amide bonds. The quantitative estimate of drug-likeness (QED) is 0.303. The molecule has 0 aliphatic carbocycles. The van der Waals surface area contributed by atoms with Crippen molar-refractivity contribution >= 4 is 29.9 Å². The third-order valence-electron chi connectivity index (χ3n) is 4.35. The number of ether oxygens (including phenoxy) is 3. The number of rotatable bonds is 9. The topological polar surface area (TPSA) is 64.1 Å². The van der Waals surface area contributed by atoms with Gasteiger partial charge in [0.05, 0.1) is 21.3 Å². The summed E-state index contributed by atoms with van der Waals surface area (Å²) in [5.74, 6) is 2.56. The SMILES string of the molecule is CN=C(NCCc1ccccc1F)NCCc1c(OC)cc(OC)cc1OC.I. The molecule has 0 unspecified atom stereocenters. The van der Waals surface area contributed by atoms with Crippen LogP contribution in [0.5, 0.6) is 17.2 Å². The lowest BCUT2D eigenvalue weighted by atomic mass is 10.1. The normalized spacial score (nSPS) is 10.7. The van der Waals surface area contributed by atoms with Crippen LogP contribution in [0.1, 0.15) is 11.1 Å². The molecule has 0 saturated heterocycles. The van der Waals surface area contributed by atoms with Gasteiger partial charge in [-0.05, 0) is 24.5 Å². The van der Waals surface area contributed by atoms with Crippen molar-refractivity contribution in [3.05, 3.63) is 53.3 Å². The second-order valence-corrected chi connectivity index (χ2v) is 6.03. The van der Waals surface area contributed by atoms with Crippen LogP contribution in [0.2, 0.25) is 0 Å². The van der Waals surface area contributed by atoms with Gasteiger partial charge in [-0.3, -0.25) is 4.99 Å². The van der Waals surface area contributed by atoms with Gasteiger partial charge < -0.3 is 24.8 Å². The number of nitrogens with one attached hydrogen (secondary N) is 2. The highest BCUT2D eigenvalue weighted by Crippen LogP contribution is 2.34. The van der Waals surface area contributed by atoms with Gasteiger partial charge in [0.1, 0.15) is 23.1 Å². The van der Waals surface area contributed by atoms with Crippen molar-refractivity contribution in [1.29, 1.82) is 0 Å². The first-order chi connectivity index (χ1) is 13.6. The number of hydrogen-bond donors (Lipinski definition) is 2. The fourth-order valence-electron chi connectivity index (χ4n) is 2.87. The summed E-state index contributed by atoms with van der Waals surface area (Å²) in [5.41, 5.74) is 1.62. The molecule has 2 aromatic carbocycles. The molecule has 0 fully saturated rings. The lowest BCUT2D eigenvalue weighted by Gasteiger charge is -2.16. The van der Waals surface area contributed by atoms with E-state index < -0.39 is 0 Å². The Balaban J connectivity index is 0.00000420. The lowest BCUT2D eigenvalue weighted by Crippen LogP contribution is -2.39. The number of guanidine groups is 1. The molecule has 0 radical (unpaired) electrons. The summed E-state index contributed by atoms with van der Waals surface area (Å²) in [7, 11) is 6.54. The highest BCUT2D eigenvalue weighted by atomic mass is 127. The van der Waals surface area contributed by atoms with E-state index in [1.807, 2.05) is 18.2 Å². The van der Waals surface area contributed by atoms with Crippen molar-refractivity contribution in [2.24, 2.45) is 4.99 Å². The van der Waals surface area contributed by atoms with Crippen molar-refractivity contribution in [3.8, 4) is 17.2 Å². The van der Waals surface area contributed by atoms with Crippen LogP contribution in [0.15, 0.2) is 41.4 Å². The minimum absolute atomic E-state index is 0. The molecule has 0 saturated carbocycles. The van der Waals surface area contributed by atoms with Crippen LogP contribution in [-0.4, -0.2) is 47.4 Å². The molecular weight excluding hydrogens is 488 g/mol. The minimum Gasteiger partial charge on any atom is -0.496 e. The summed E-state index contributed by atoms with van der Waals surface area (Å²) in [4.78, 5) is 4.20. The Morgan fingerprint density at radius 2 is 1.52 bits per heavy atom. The van der Waals surface area contributed by atoms with E-state index in [1.165, 1.54) is 6.07 Å². The second kappa shape index (κ2) is 13.1. The summed E-state index contributed by atoms with van der Waals surface area (Å²) in [6, 6.07) is 10.4. The van der Waals surface area contributed by atoms with Crippen LogP contribution in [0, 0.1) is 5.82 Å². The van der Waals surface area contributed by atoms with Crippen LogP contribution in [-0.2, 0) is 12.8 Å². The predicted octanol–water partition coefficient (Wildman–Crippen LogP) is 3.42. The van der Waals surface area contributed by atoms with Gasteiger partial charge in [0.2, 0.25) is 0 Å². The first kappa shape index (κ1) is 24.8. The molecule has 160 valence electrons. The maximum Gasteiger partial charge on any atom is 0.190 e. The molecule has 0 aromatic heterocycles. The first-order valence-electron chi connectivity index (χ1n) is 9.09. The molecule has 0 spiro atoms. The molecule has 0 atom stereocenters. The smallest absolute Gasteiger partial charge is 0.190 e. The third kappa shape index (κ3) is 7.26. The number of aliphatic imine (C=N–C) groups is 1. The Hall–Kier alpha value is -2.23. The Kier molecular flexibility index (Phi) is 11.2. The summed E-state index contributed by atoms with van der Waals surface area (Å²) in [5, 5.41) is 6.45. The molecule has 6 nitrogen and oxygen atoms in total. The maximum absolute atomic E-state index is 13.7. The number of methoxy groups -OCH3 is 3. The van der Waals surface area contributed by atoms with E-state index in [1.54, 1.807) is 40.5 Å². The van der Waals surface area contributed by atoms with Crippen LogP contribution >= 0.6 is 24.0 Å². The van der Waals surface area contributed by atoms with Gasteiger partial charge in [-0.2, -0.15) is 0 Å². The number of hydrogen-bond acceptors (Lipinski definition) is 4. The Bertz CT molecular complexity index is 777. The van der Waals surface area contributed by atoms with E-state index in [0.29, 0.717) is 54.7 Å². The highest BCUT2D eigenvalue weighted by molar-refractivity contribution is 14.0. The van der Waals surface area contributed by atoms with Gasteiger partial charge in [-0.25, -0.2) is 4.39 Å². The van der Waals surface area contributed by atoms with Gasteiger partial charge >= 0.3 is 0 Å². The van der Waals surface area contributed by atoms with Crippen molar-refractivity contribution in [2.75, 3.05) is 41.5 Å². The molecule has 2 aromatic rings. The fraction of sp³-hybridized carbons (Fsp3) is 0.381. The number of nitrogens with zero attached hydrogens (tertiary/aromatic N) is 1. The Labute approximate surface area is 188 Å². The lowest BCUT2D eigenvalue weighted by molar-refractivity contribution is 0.368. The average Bonchev–Trinajstić information content (AvgIpc) is 2.73. The second-order valence-electron chi connectivity index (χ2n) is 6.03. The largest absolute Gasteiger partial charge is 0.496 e. The van der Waals surface area contributed by atoms with Gasteiger partial charge in [0.15, 0.2) is 5.96 Å². The predicted molar refractivity (Wildman–Crippen MR) is 125 cm³/mol. The first-order valence-corrected chi connectivity index (χ1v) is 9.09. The van der Waals surface area contributed by atoms with Gasteiger partial charge in [-0.15, -0.1) is 24.0 Å². The van der Waals surface area contributed by atoms with Crippen LogP contribution < -0.4 is 24.8 Å². The summed E-state index contributed by atoms with van der Waals surface area (Å²) < 4.78 is 29.9. The molecule has 8 heteroatoms. The Morgan fingerprint density at radius 3 is 2.03 bits per heavy atom. The molecule has 0 bridgehead atoms. The van der Waals surface area contributed by atoms with E-state index in [0.717, 1.165) is 5.56 Å². The zero-order valence-electron chi connectivity index (χ0n) is 17.3.